The zero-order valence-corrected chi connectivity index (χ0v) is 16.2. The van der Waals surface area contributed by atoms with Crippen LogP contribution in [0.3, 0.4) is 0 Å². The fourth-order valence-corrected chi connectivity index (χ4v) is 5.70. The first-order valence-corrected chi connectivity index (χ1v) is 11.3. The smallest absolute Gasteiger partial charge is 0.274 e. The molecule has 1 aliphatic rings. The molecular weight excluding hydrogens is 382 g/mol. The normalized spacial score (nSPS) is 17.3. The fourth-order valence-electron chi connectivity index (χ4n) is 3.39. The quantitative estimate of drug-likeness (QED) is 0.712. The van der Waals surface area contributed by atoms with E-state index < -0.39 is 9.84 Å². The molecule has 0 saturated carbocycles. The van der Waals surface area contributed by atoms with Crippen molar-refractivity contribution >= 4 is 27.1 Å². The number of nitrogens with one attached hydrogen (secondary N) is 1. The highest BCUT2D eigenvalue weighted by Gasteiger charge is 2.34. The van der Waals surface area contributed by atoms with Gasteiger partial charge in [-0.1, -0.05) is 24.3 Å². The summed E-state index contributed by atoms with van der Waals surface area (Å²) in [5.74, 6) is -0.287. The Morgan fingerprint density at radius 1 is 1.22 bits per heavy atom. The van der Waals surface area contributed by atoms with Gasteiger partial charge >= 0.3 is 0 Å². The molecular formula is C19H19N3O3S2. The lowest BCUT2D eigenvalue weighted by molar-refractivity contribution is 0.0743. The average molecular weight is 402 g/mol. The third kappa shape index (κ3) is 3.68. The Morgan fingerprint density at radius 3 is 2.78 bits per heavy atom. The van der Waals surface area contributed by atoms with Crippen molar-refractivity contribution in [1.29, 1.82) is 0 Å². The van der Waals surface area contributed by atoms with Gasteiger partial charge in [-0.25, -0.2) is 8.42 Å². The number of sulfone groups is 1. The zero-order chi connectivity index (χ0) is 18.9. The Bertz CT molecular complexity index is 1030. The second kappa shape index (κ2) is 7.28. The van der Waals surface area contributed by atoms with E-state index in [-0.39, 0.29) is 17.7 Å². The third-order valence-electron chi connectivity index (χ3n) is 4.74. The molecule has 1 amide bonds. The Morgan fingerprint density at radius 2 is 2.04 bits per heavy atom. The predicted octanol–water partition coefficient (Wildman–Crippen LogP) is 3.22. The van der Waals surface area contributed by atoms with Crippen LogP contribution in [0.15, 0.2) is 58.8 Å². The van der Waals surface area contributed by atoms with E-state index in [1.54, 1.807) is 52.6 Å². The summed E-state index contributed by atoms with van der Waals surface area (Å²) in [6.07, 6.45) is 1.48. The van der Waals surface area contributed by atoms with Crippen molar-refractivity contribution in [3.8, 4) is 10.6 Å². The number of hydrogen-bond donors (Lipinski definition) is 1. The number of likely N-dealkylation sites (tertiary alicyclic amines) is 1. The number of hydrogen-bond acceptors (Lipinski definition) is 5. The van der Waals surface area contributed by atoms with Crippen molar-refractivity contribution in [2.45, 2.75) is 23.8 Å². The molecule has 140 valence electrons. The van der Waals surface area contributed by atoms with Crippen LogP contribution in [0.1, 0.15) is 23.3 Å². The van der Waals surface area contributed by atoms with Crippen LogP contribution < -0.4 is 0 Å². The van der Waals surface area contributed by atoms with Gasteiger partial charge in [0.05, 0.1) is 21.2 Å². The van der Waals surface area contributed by atoms with Crippen LogP contribution >= 0.6 is 11.3 Å². The lowest BCUT2D eigenvalue weighted by Gasteiger charge is -2.23. The average Bonchev–Trinajstić information content (AvgIpc) is 3.42. The first-order chi connectivity index (χ1) is 13.0. The highest BCUT2D eigenvalue weighted by Crippen LogP contribution is 2.26. The van der Waals surface area contributed by atoms with Gasteiger partial charge < -0.3 is 4.90 Å². The van der Waals surface area contributed by atoms with E-state index in [9.17, 15) is 13.2 Å². The van der Waals surface area contributed by atoms with Crippen LogP contribution in [0.25, 0.3) is 10.6 Å². The number of carbonyl (C=O) groups is 1. The van der Waals surface area contributed by atoms with E-state index in [2.05, 4.69) is 10.2 Å². The number of carbonyl (C=O) groups excluding carboxylic acids is 1. The topological polar surface area (TPSA) is 83.1 Å². The van der Waals surface area contributed by atoms with Crippen LogP contribution in [0.2, 0.25) is 0 Å². The summed E-state index contributed by atoms with van der Waals surface area (Å²) in [5.41, 5.74) is 1.11. The zero-order valence-electron chi connectivity index (χ0n) is 14.5. The molecule has 3 heterocycles. The van der Waals surface area contributed by atoms with Crippen molar-refractivity contribution < 1.29 is 13.2 Å². The summed E-state index contributed by atoms with van der Waals surface area (Å²) >= 11 is 1.56. The molecule has 6 nitrogen and oxygen atoms in total. The number of thiophene rings is 1. The summed E-state index contributed by atoms with van der Waals surface area (Å²) in [6.45, 7) is 0.551. The maximum atomic E-state index is 12.9. The standard InChI is InChI=1S/C19H19N3O3S2/c23-19(17-12-16(20-21-17)18-9-5-11-26-18)22-10-4-6-14(22)13-27(24,25)15-7-2-1-3-8-15/h1-3,5,7-9,11-12,14H,4,6,10,13H2,(H,20,21). The minimum atomic E-state index is -3.44. The van der Waals surface area contributed by atoms with Crippen molar-refractivity contribution in [2.24, 2.45) is 0 Å². The van der Waals surface area contributed by atoms with E-state index in [0.29, 0.717) is 23.6 Å². The number of aromatic amines is 1. The van der Waals surface area contributed by atoms with E-state index >= 15 is 0 Å². The number of H-pyrrole nitrogens is 1. The molecule has 27 heavy (non-hydrogen) atoms. The molecule has 1 N–H and O–H groups in total. The minimum absolute atomic E-state index is 0.0645. The van der Waals surface area contributed by atoms with Crippen LogP contribution in [0, 0.1) is 0 Å². The summed E-state index contributed by atoms with van der Waals surface area (Å²) in [5, 5.41) is 9.00. The number of aromatic nitrogens is 2. The lowest BCUT2D eigenvalue weighted by Crippen LogP contribution is -2.39. The fraction of sp³-hybridized carbons (Fsp3) is 0.263. The molecule has 0 spiro atoms. The molecule has 4 rings (SSSR count). The number of benzene rings is 1. The number of amides is 1. The molecule has 3 aromatic rings. The second-order valence-corrected chi connectivity index (χ2v) is 9.52. The van der Waals surface area contributed by atoms with Crippen molar-refractivity contribution in [3.05, 3.63) is 59.6 Å². The van der Waals surface area contributed by atoms with Crippen LogP contribution in [0.4, 0.5) is 0 Å². The van der Waals surface area contributed by atoms with E-state index in [1.807, 2.05) is 17.5 Å². The first-order valence-electron chi connectivity index (χ1n) is 8.73. The Balaban J connectivity index is 1.52. The highest BCUT2D eigenvalue weighted by molar-refractivity contribution is 7.91. The summed E-state index contributed by atoms with van der Waals surface area (Å²) in [4.78, 5) is 15.9. The van der Waals surface area contributed by atoms with Gasteiger partial charge in [0.2, 0.25) is 0 Å². The maximum absolute atomic E-state index is 12.9. The highest BCUT2D eigenvalue weighted by atomic mass is 32.2. The molecule has 1 aromatic carbocycles. The van der Waals surface area contributed by atoms with Gasteiger partial charge in [-0.2, -0.15) is 5.10 Å². The Hall–Kier alpha value is -2.45. The van der Waals surface area contributed by atoms with Gasteiger partial charge in [0.15, 0.2) is 15.5 Å². The monoisotopic (exact) mass is 401 g/mol. The van der Waals surface area contributed by atoms with Gasteiger partial charge in [0.25, 0.3) is 5.91 Å². The van der Waals surface area contributed by atoms with E-state index in [1.165, 1.54) is 0 Å². The van der Waals surface area contributed by atoms with Crippen molar-refractivity contribution in [3.63, 3.8) is 0 Å². The molecule has 2 aromatic heterocycles. The SMILES string of the molecule is O=C(c1cc(-c2cccs2)[nH]n1)N1CCCC1CS(=O)(=O)c1ccccc1. The Labute approximate surface area is 161 Å². The second-order valence-electron chi connectivity index (χ2n) is 6.53. The predicted molar refractivity (Wildman–Crippen MR) is 104 cm³/mol. The molecule has 0 radical (unpaired) electrons. The van der Waals surface area contributed by atoms with Crippen molar-refractivity contribution in [2.75, 3.05) is 12.3 Å². The molecule has 1 fully saturated rings. The third-order valence-corrected chi connectivity index (χ3v) is 7.45. The van der Waals surface area contributed by atoms with Gasteiger partial charge in [-0.15, -0.1) is 11.3 Å². The first kappa shape index (κ1) is 17.9. The molecule has 1 aliphatic heterocycles. The molecule has 0 bridgehead atoms. The summed E-state index contributed by atoms with van der Waals surface area (Å²) < 4.78 is 25.4. The van der Waals surface area contributed by atoms with Crippen molar-refractivity contribution in [1.82, 2.24) is 15.1 Å². The lowest BCUT2D eigenvalue weighted by atomic mass is 10.2. The molecule has 0 aliphatic carbocycles. The van der Waals surface area contributed by atoms with Gasteiger partial charge in [0, 0.05) is 12.6 Å². The van der Waals surface area contributed by atoms with Crippen LogP contribution in [0.5, 0.6) is 0 Å². The summed E-state index contributed by atoms with van der Waals surface area (Å²) in [7, 11) is -3.44. The minimum Gasteiger partial charge on any atom is -0.333 e. The van der Waals surface area contributed by atoms with E-state index in [4.69, 9.17) is 0 Å². The number of rotatable bonds is 5. The van der Waals surface area contributed by atoms with Crippen LogP contribution in [-0.2, 0) is 9.84 Å². The summed E-state index contributed by atoms with van der Waals surface area (Å²) in [6, 6.07) is 13.7. The number of nitrogens with zero attached hydrogens (tertiary/aromatic N) is 2. The molecule has 1 saturated heterocycles. The van der Waals surface area contributed by atoms with Gasteiger partial charge in [-0.3, -0.25) is 9.89 Å². The van der Waals surface area contributed by atoms with E-state index in [0.717, 1.165) is 17.0 Å². The largest absolute Gasteiger partial charge is 0.333 e. The molecule has 8 heteroatoms. The van der Waals surface area contributed by atoms with Crippen LogP contribution in [-0.4, -0.2) is 47.8 Å². The van der Waals surface area contributed by atoms with Gasteiger partial charge in [0.1, 0.15) is 0 Å². The Kier molecular flexibility index (Phi) is 4.84. The molecule has 1 atom stereocenters. The van der Waals surface area contributed by atoms with Gasteiger partial charge in [-0.05, 0) is 42.5 Å². The maximum Gasteiger partial charge on any atom is 0.274 e. The molecule has 1 unspecified atom stereocenters.